The molecule has 1 saturated carbocycles. The molecule has 0 radical (unpaired) electrons. The second-order valence-electron chi connectivity index (χ2n) is 4.71. The van der Waals surface area contributed by atoms with E-state index >= 15 is 0 Å². The van der Waals surface area contributed by atoms with Crippen molar-refractivity contribution in [1.82, 2.24) is 5.32 Å². The van der Waals surface area contributed by atoms with Gasteiger partial charge in [-0.25, -0.2) is 0 Å². The van der Waals surface area contributed by atoms with Gasteiger partial charge in [0.1, 0.15) is 0 Å². The van der Waals surface area contributed by atoms with Crippen LogP contribution in [0, 0.1) is 0 Å². The largest absolute Gasteiger partial charge is 0.393 e. The number of rotatable bonds is 4. The molecule has 2 N–H and O–H groups in total. The summed E-state index contributed by atoms with van der Waals surface area (Å²) in [4.78, 5) is 0. The van der Waals surface area contributed by atoms with E-state index in [-0.39, 0.29) is 18.5 Å². The van der Waals surface area contributed by atoms with Crippen molar-refractivity contribution in [3.8, 4) is 0 Å². The van der Waals surface area contributed by atoms with E-state index in [1.165, 1.54) is 12.0 Å². The fraction of sp³-hybridized carbons (Fsp3) is 0.571. The van der Waals surface area contributed by atoms with Gasteiger partial charge in [-0.15, -0.1) is 12.4 Å². The lowest BCUT2D eigenvalue weighted by molar-refractivity contribution is 0.112. The van der Waals surface area contributed by atoms with Gasteiger partial charge in [-0.3, -0.25) is 0 Å². The molecule has 1 aromatic rings. The Morgan fingerprint density at radius 2 is 1.94 bits per heavy atom. The van der Waals surface area contributed by atoms with E-state index in [1.54, 1.807) is 0 Å². The molecule has 0 aromatic heterocycles. The molecule has 96 valence electrons. The average molecular weight is 256 g/mol. The zero-order valence-corrected chi connectivity index (χ0v) is 11.0. The molecule has 0 spiro atoms. The smallest absolute Gasteiger partial charge is 0.0555 e. The first-order valence-corrected chi connectivity index (χ1v) is 6.30. The van der Waals surface area contributed by atoms with Crippen molar-refractivity contribution in [1.29, 1.82) is 0 Å². The maximum absolute atomic E-state index is 9.56. The lowest BCUT2D eigenvalue weighted by Crippen LogP contribution is -2.37. The molecular weight excluding hydrogens is 234 g/mol. The normalized spacial score (nSPS) is 24.1. The maximum Gasteiger partial charge on any atom is 0.0555 e. The van der Waals surface area contributed by atoms with Gasteiger partial charge in [-0.05, 0) is 44.2 Å². The van der Waals surface area contributed by atoms with Gasteiger partial charge in [-0.1, -0.05) is 30.3 Å². The van der Waals surface area contributed by atoms with E-state index in [2.05, 4.69) is 35.6 Å². The number of hydrogen-bond donors (Lipinski definition) is 2. The van der Waals surface area contributed by atoms with Crippen LogP contribution < -0.4 is 5.32 Å². The molecule has 1 aliphatic carbocycles. The topological polar surface area (TPSA) is 32.3 Å². The minimum atomic E-state index is -0.0806. The molecular formula is C14H22ClNO. The van der Waals surface area contributed by atoms with Crippen LogP contribution in [0.15, 0.2) is 30.3 Å². The molecule has 1 aromatic carbocycles. The van der Waals surface area contributed by atoms with Gasteiger partial charge in [-0.2, -0.15) is 0 Å². The van der Waals surface area contributed by atoms with E-state index in [0.717, 1.165) is 32.2 Å². The summed E-state index contributed by atoms with van der Waals surface area (Å²) in [6, 6.07) is 11.1. The van der Waals surface area contributed by atoms with Crippen molar-refractivity contribution in [2.45, 2.75) is 44.2 Å². The zero-order chi connectivity index (χ0) is 11.2. The molecule has 1 fully saturated rings. The van der Waals surface area contributed by atoms with Crippen LogP contribution in [0.1, 0.15) is 31.2 Å². The van der Waals surface area contributed by atoms with Crippen molar-refractivity contribution in [2.24, 2.45) is 0 Å². The van der Waals surface area contributed by atoms with E-state index in [4.69, 9.17) is 0 Å². The van der Waals surface area contributed by atoms with Gasteiger partial charge in [0.05, 0.1) is 6.10 Å². The highest BCUT2D eigenvalue weighted by atomic mass is 35.5. The van der Waals surface area contributed by atoms with Crippen LogP contribution >= 0.6 is 12.4 Å². The van der Waals surface area contributed by atoms with E-state index in [9.17, 15) is 5.11 Å². The monoisotopic (exact) mass is 255 g/mol. The van der Waals surface area contributed by atoms with Gasteiger partial charge in [0, 0.05) is 6.04 Å². The summed E-state index contributed by atoms with van der Waals surface area (Å²) in [6.45, 7) is 1.02. The van der Waals surface area contributed by atoms with Crippen molar-refractivity contribution < 1.29 is 5.11 Å². The zero-order valence-electron chi connectivity index (χ0n) is 10.1. The number of nitrogens with one attached hydrogen (secondary N) is 1. The molecule has 0 saturated heterocycles. The Hall–Kier alpha value is -0.570. The highest BCUT2D eigenvalue weighted by Crippen LogP contribution is 2.18. The quantitative estimate of drug-likeness (QED) is 0.867. The highest BCUT2D eigenvalue weighted by Gasteiger charge is 2.18. The number of aliphatic hydroxyl groups is 1. The Labute approximate surface area is 110 Å². The van der Waals surface area contributed by atoms with Crippen molar-refractivity contribution >= 4 is 12.4 Å². The summed E-state index contributed by atoms with van der Waals surface area (Å²) in [6.07, 6.45) is 5.28. The fourth-order valence-corrected chi connectivity index (χ4v) is 2.41. The van der Waals surface area contributed by atoms with Crippen LogP contribution in [0.3, 0.4) is 0 Å². The first-order chi connectivity index (χ1) is 7.84. The third kappa shape index (κ3) is 5.07. The molecule has 0 aliphatic heterocycles. The van der Waals surface area contributed by atoms with Crippen LogP contribution in [0.2, 0.25) is 0 Å². The average Bonchev–Trinajstić information content (AvgIpc) is 2.30. The second kappa shape index (κ2) is 7.70. The third-order valence-corrected chi connectivity index (χ3v) is 3.34. The van der Waals surface area contributed by atoms with E-state index < -0.39 is 0 Å². The number of hydrogen-bond acceptors (Lipinski definition) is 2. The summed E-state index contributed by atoms with van der Waals surface area (Å²) in [5, 5.41) is 13.1. The molecule has 2 atom stereocenters. The number of benzene rings is 1. The SMILES string of the molecule is Cl.OC1CCCC(NCCc2ccccc2)C1. The molecule has 1 aliphatic rings. The Kier molecular flexibility index (Phi) is 6.56. The molecule has 3 heteroatoms. The summed E-state index contributed by atoms with van der Waals surface area (Å²) >= 11 is 0. The van der Waals surface area contributed by atoms with E-state index in [1.807, 2.05) is 0 Å². The molecule has 2 unspecified atom stereocenters. The maximum atomic E-state index is 9.56. The Bertz CT molecular complexity index is 304. The number of aliphatic hydroxyl groups excluding tert-OH is 1. The van der Waals surface area contributed by atoms with Gasteiger partial charge < -0.3 is 10.4 Å². The van der Waals surface area contributed by atoms with Gasteiger partial charge in [0.25, 0.3) is 0 Å². The van der Waals surface area contributed by atoms with Crippen LogP contribution in [0.25, 0.3) is 0 Å². The predicted octanol–water partition coefficient (Wildman–Crippen LogP) is 2.54. The predicted molar refractivity (Wildman–Crippen MR) is 73.7 cm³/mol. The molecule has 2 rings (SSSR count). The van der Waals surface area contributed by atoms with Crippen molar-refractivity contribution in [3.63, 3.8) is 0 Å². The molecule has 0 heterocycles. The Balaban J connectivity index is 0.00000144. The lowest BCUT2D eigenvalue weighted by Gasteiger charge is -2.26. The molecule has 0 bridgehead atoms. The minimum absolute atomic E-state index is 0. The van der Waals surface area contributed by atoms with Crippen LogP contribution in [0.4, 0.5) is 0 Å². The first-order valence-electron chi connectivity index (χ1n) is 6.30. The van der Waals surface area contributed by atoms with Gasteiger partial charge in [0.15, 0.2) is 0 Å². The molecule has 0 amide bonds. The third-order valence-electron chi connectivity index (χ3n) is 3.34. The molecule has 17 heavy (non-hydrogen) atoms. The standard InChI is InChI=1S/C14H21NO.ClH/c16-14-8-4-7-13(11-14)15-10-9-12-5-2-1-3-6-12;/h1-3,5-6,13-16H,4,7-11H2;1H. The summed E-state index contributed by atoms with van der Waals surface area (Å²) in [5.74, 6) is 0. The molecule has 2 nitrogen and oxygen atoms in total. The van der Waals surface area contributed by atoms with Crippen LogP contribution in [0.5, 0.6) is 0 Å². The minimum Gasteiger partial charge on any atom is -0.393 e. The summed E-state index contributed by atoms with van der Waals surface area (Å²) < 4.78 is 0. The summed E-state index contributed by atoms with van der Waals surface area (Å²) in [5.41, 5.74) is 1.38. The van der Waals surface area contributed by atoms with Gasteiger partial charge in [0.2, 0.25) is 0 Å². The van der Waals surface area contributed by atoms with Crippen molar-refractivity contribution in [2.75, 3.05) is 6.54 Å². The number of halogens is 1. The van der Waals surface area contributed by atoms with Gasteiger partial charge >= 0.3 is 0 Å². The fourth-order valence-electron chi connectivity index (χ4n) is 2.41. The van der Waals surface area contributed by atoms with Crippen LogP contribution in [-0.4, -0.2) is 23.8 Å². The van der Waals surface area contributed by atoms with Crippen molar-refractivity contribution in [3.05, 3.63) is 35.9 Å². The lowest BCUT2D eigenvalue weighted by atomic mass is 9.93. The summed E-state index contributed by atoms with van der Waals surface area (Å²) in [7, 11) is 0. The van der Waals surface area contributed by atoms with E-state index in [0.29, 0.717) is 6.04 Å². The second-order valence-corrected chi connectivity index (χ2v) is 4.71. The first kappa shape index (κ1) is 14.5. The Morgan fingerprint density at radius 3 is 2.65 bits per heavy atom. The Morgan fingerprint density at radius 1 is 1.18 bits per heavy atom. The highest BCUT2D eigenvalue weighted by molar-refractivity contribution is 5.85. The van der Waals surface area contributed by atoms with Crippen LogP contribution in [-0.2, 0) is 6.42 Å².